The van der Waals surface area contributed by atoms with Crippen molar-refractivity contribution in [2.45, 2.75) is 43.2 Å². The third-order valence-electron chi connectivity index (χ3n) is 4.80. The minimum atomic E-state index is -3.50. The lowest BCUT2D eigenvalue weighted by Crippen LogP contribution is -2.35. The van der Waals surface area contributed by atoms with Crippen molar-refractivity contribution in [3.63, 3.8) is 0 Å². The molecule has 2 heterocycles. The Labute approximate surface area is 187 Å². The molecule has 1 aromatic heterocycles. The van der Waals surface area contributed by atoms with E-state index in [1.165, 1.54) is 4.31 Å². The fourth-order valence-corrected chi connectivity index (χ4v) is 7.47. The van der Waals surface area contributed by atoms with Gasteiger partial charge in [0, 0.05) is 29.3 Å². The predicted octanol–water partition coefficient (Wildman–Crippen LogP) is 3.26. The zero-order chi connectivity index (χ0) is 22.5. The summed E-state index contributed by atoms with van der Waals surface area (Å²) in [6.45, 7) is 2.87. The Morgan fingerprint density at radius 2 is 1.61 bits per heavy atom. The van der Waals surface area contributed by atoms with Gasteiger partial charge in [-0.2, -0.15) is 4.31 Å². The van der Waals surface area contributed by atoms with E-state index in [1.54, 1.807) is 43.3 Å². The number of carbonyl (C=O) groups is 1. The van der Waals surface area contributed by atoms with Crippen LogP contribution in [0.25, 0.3) is 0 Å². The number of nitrogens with zero attached hydrogens (tertiary/aromatic N) is 1. The fraction of sp³-hybridized carbons (Fsp3) is 0.450. The molecule has 0 atom stereocenters. The monoisotopic (exact) mass is 485 g/mol. The highest BCUT2D eigenvalue weighted by Gasteiger charge is 2.27. The first kappa shape index (κ1) is 23.7. The molecule has 1 fully saturated rings. The van der Waals surface area contributed by atoms with Crippen LogP contribution in [0.1, 0.15) is 37.5 Å². The molecule has 1 amide bonds. The minimum Gasteiger partial charge on any atom is -0.326 e. The van der Waals surface area contributed by atoms with Crippen molar-refractivity contribution < 1.29 is 21.6 Å². The Balaban J connectivity index is 1.58. The zero-order valence-corrected chi connectivity index (χ0v) is 19.8. The van der Waals surface area contributed by atoms with Gasteiger partial charge in [0.2, 0.25) is 15.9 Å². The molecule has 0 radical (unpaired) electrons. The van der Waals surface area contributed by atoms with Gasteiger partial charge in [0.15, 0.2) is 0 Å². The molecule has 3 rings (SSSR count). The van der Waals surface area contributed by atoms with Crippen molar-refractivity contribution in [2.75, 3.05) is 28.9 Å². The van der Waals surface area contributed by atoms with E-state index >= 15 is 0 Å². The molecule has 1 saturated heterocycles. The first-order chi connectivity index (χ1) is 14.7. The summed E-state index contributed by atoms with van der Waals surface area (Å²) in [5.41, 5.74) is 0.957. The number of piperidine rings is 1. The molecule has 0 bridgehead atoms. The maximum atomic E-state index is 12.7. The summed E-state index contributed by atoms with van der Waals surface area (Å²) in [7, 11) is -6.86. The molecule has 31 heavy (non-hydrogen) atoms. The summed E-state index contributed by atoms with van der Waals surface area (Å²) in [4.78, 5) is 13.0. The van der Waals surface area contributed by atoms with Crippen molar-refractivity contribution in [1.82, 2.24) is 4.31 Å². The highest BCUT2D eigenvalue weighted by molar-refractivity contribution is 7.92. The van der Waals surface area contributed by atoms with E-state index in [4.69, 9.17) is 0 Å². The summed E-state index contributed by atoms with van der Waals surface area (Å²) < 4.78 is 53.4. The maximum Gasteiger partial charge on any atom is 0.252 e. The van der Waals surface area contributed by atoms with Crippen molar-refractivity contribution in [1.29, 1.82) is 0 Å². The Bertz CT molecular complexity index is 1100. The van der Waals surface area contributed by atoms with Crippen LogP contribution in [-0.4, -0.2) is 45.9 Å². The number of nitrogens with one attached hydrogen (secondary N) is 2. The molecular weight excluding hydrogens is 458 g/mol. The highest BCUT2D eigenvalue weighted by atomic mass is 32.2. The van der Waals surface area contributed by atoms with E-state index in [9.17, 15) is 21.6 Å². The van der Waals surface area contributed by atoms with Crippen LogP contribution >= 0.6 is 11.3 Å². The number of anilines is 2. The van der Waals surface area contributed by atoms with Crippen molar-refractivity contribution in [3.05, 3.63) is 41.3 Å². The summed E-state index contributed by atoms with van der Waals surface area (Å²) in [6, 6.07) is 9.63. The number of carbonyl (C=O) groups excluding carboxylic acids is 1. The molecule has 1 aliphatic heterocycles. The maximum absolute atomic E-state index is 12.7. The van der Waals surface area contributed by atoms with Crippen LogP contribution in [0.5, 0.6) is 0 Å². The van der Waals surface area contributed by atoms with E-state index in [1.807, 2.05) is 0 Å². The average Bonchev–Trinajstić information content (AvgIpc) is 3.19. The lowest BCUT2D eigenvalue weighted by Gasteiger charge is -2.25. The van der Waals surface area contributed by atoms with Crippen LogP contribution in [0.4, 0.5) is 11.4 Å². The van der Waals surface area contributed by atoms with Crippen molar-refractivity contribution in [2.24, 2.45) is 0 Å². The quantitative estimate of drug-likeness (QED) is 0.566. The Morgan fingerprint density at radius 3 is 2.26 bits per heavy atom. The summed E-state index contributed by atoms with van der Waals surface area (Å²) in [5.74, 6) is -0.232. The standard InChI is InChI=1S/C20H27N3O5S3/c1-2-14-30(25,26)22-17-8-6-16(7-9-17)21-19(24)15-18-10-11-20(29-18)31(27,28)23-12-4-3-5-13-23/h6-11,22H,2-5,12-15H2,1H3,(H,21,24). The second kappa shape index (κ2) is 10.1. The van der Waals surface area contributed by atoms with Crippen LogP contribution < -0.4 is 10.0 Å². The Kier molecular flexibility index (Phi) is 7.73. The van der Waals surface area contributed by atoms with Gasteiger partial charge in [-0.15, -0.1) is 11.3 Å². The second-order valence-electron chi connectivity index (χ2n) is 7.41. The lowest BCUT2D eigenvalue weighted by molar-refractivity contribution is -0.115. The van der Waals surface area contributed by atoms with Crippen LogP contribution in [0.2, 0.25) is 0 Å². The van der Waals surface area contributed by atoms with Crippen LogP contribution in [-0.2, 0) is 31.3 Å². The van der Waals surface area contributed by atoms with Gasteiger partial charge in [-0.05, 0) is 55.7 Å². The fourth-order valence-electron chi connectivity index (χ4n) is 3.31. The Morgan fingerprint density at radius 1 is 0.968 bits per heavy atom. The number of sulfonamides is 2. The van der Waals surface area contributed by atoms with E-state index in [2.05, 4.69) is 10.0 Å². The molecular formula is C20H27N3O5S3. The van der Waals surface area contributed by atoms with Gasteiger partial charge in [0.05, 0.1) is 12.2 Å². The van der Waals surface area contributed by atoms with E-state index in [-0.39, 0.29) is 22.3 Å². The minimum absolute atomic E-state index is 0.0434. The molecule has 0 unspecified atom stereocenters. The highest BCUT2D eigenvalue weighted by Crippen LogP contribution is 2.27. The molecule has 8 nitrogen and oxygen atoms in total. The van der Waals surface area contributed by atoms with Crippen molar-refractivity contribution in [3.8, 4) is 0 Å². The summed E-state index contributed by atoms with van der Waals surface area (Å²) >= 11 is 1.12. The van der Waals surface area contributed by atoms with E-state index < -0.39 is 20.0 Å². The molecule has 1 aromatic carbocycles. The molecule has 2 N–H and O–H groups in total. The normalized spacial score (nSPS) is 15.5. The van der Waals surface area contributed by atoms with Gasteiger partial charge in [-0.25, -0.2) is 16.8 Å². The number of amides is 1. The Hall–Kier alpha value is -1.95. The van der Waals surface area contributed by atoms with Crippen LogP contribution in [0.15, 0.2) is 40.6 Å². The molecule has 0 saturated carbocycles. The van der Waals surface area contributed by atoms with Crippen LogP contribution in [0, 0.1) is 0 Å². The second-order valence-corrected chi connectivity index (χ2v) is 12.6. The third-order valence-corrected chi connectivity index (χ3v) is 9.74. The van der Waals surface area contributed by atoms with E-state index in [0.29, 0.717) is 35.8 Å². The first-order valence-electron chi connectivity index (χ1n) is 10.2. The predicted molar refractivity (Wildman–Crippen MR) is 123 cm³/mol. The number of hydrogen-bond acceptors (Lipinski definition) is 6. The molecule has 0 spiro atoms. The SMILES string of the molecule is CCCS(=O)(=O)Nc1ccc(NC(=O)Cc2ccc(S(=O)(=O)N3CCCCC3)s2)cc1. The molecule has 2 aromatic rings. The number of rotatable bonds is 9. The number of benzene rings is 1. The molecule has 1 aliphatic rings. The van der Waals surface area contributed by atoms with Crippen LogP contribution in [0.3, 0.4) is 0 Å². The largest absolute Gasteiger partial charge is 0.326 e. The van der Waals surface area contributed by atoms with Gasteiger partial charge in [-0.3, -0.25) is 9.52 Å². The lowest BCUT2D eigenvalue weighted by atomic mass is 10.2. The van der Waals surface area contributed by atoms with Gasteiger partial charge < -0.3 is 5.32 Å². The van der Waals surface area contributed by atoms with E-state index in [0.717, 1.165) is 30.6 Å². The molecule has 11 heteroatoms. The zero-order valence-electron chi connectivity index (χ0n) is 17.3. The first-order valence-corrected chi connectivity index (χ1v) is 14.1. The van der Waals surface area contributed by atoms with Gasteiger partial charge in [0.25, 0.3) is 10.0 Å². The average molecular weight is 486 g/mol. The van der Waals surface area contributed by atoms with Crippen molar-refractivity contribution >= 4 is 48.7 Å². The van der Waals surface area contributed by atoms with Gasteiger partial charge >= 0.3 is 0 Å². The summed E-state index contributed by atoms with van der Waals surface area (Å²) in [5, 5.41) is 2.75. The number of hydrogen-bond donors (Lipinski definition) is 2. The molecule has 170 valence electrons. The van der Waals surface area contributed by atoms with Gasteiger partial charge in [0.1, 0.15) is 4.21 Å². The molecule has 0 aliphatic carbocycles. The smallest absolute Gasteiger partial charge is 0.252 e. The third kappa shape index (κ3) is 6.52. The number of thiophene rings is 1. The summed E-state index contributed by atoms with van der Waals surface area (Å²) in [6.07, 6.45) is 3.38. The van der Waals surface area contributed by atoms with Gasteiger partial charge in [-0.1, -0.05) is 13.3 Å². The topological polar surface area (TPSA) is 113 Å².